The number of hydrogen-bond donors (Lipinski definition) is 3. The Morgan fingerprint density at radius 1 is 1.17 bits per heavy atom. The van der Waals surface area contributed by atoms with E-state index in [1.165, 1.54) is 12.1 Å². The lowest BCUT2D eigenvalue weighted by Gasteiger charge is -2.34. The summed E-state index contributed by atoms with van der Waals surface area (Å²) >= 11 is 6.58. The summed E-state index contributed by atoms with van der Waals surface area (Å²) in [5, 5.41) is 6.38. The van der Waals surface area contributed by atoms with Gasteiger partial charge < -0.3 is 30.6 Å². The summed E-state index contributed by atoms with van der Waals surface area (Å²) in [6.07, 6.45) is 4.36. The van der Waals surface area contributed by atoms with Gasteiger partial charge in [-0.3, -0.25) is 4.79 Å². The molecule has 3 aromatic carbocycles. The Balaban J connectivity index is 1.45. The topological polar surface area (TPSA) is 94.8 Å². The molecule has 0 spiro atoms. The lowest BCUT2D eigenvalue weighted by Crippen LogP contribution is -2.47. The monoisotopic (exact) mass is 583 g/mol. The minimum Gasteiger partial charge on any atom is -0.486 e. The molecule has 1 amide bonds. The van der Waals surface area contributed by atoms with Crippen LogP contribution in [-0.2, 0) is 16.8 Å². The molecule has 10 heteroatoms. The van der Waals surface area contributed by atoms with Crippen LogP contribution < -0.4 is 25.8 Å². The molecule has 0 radical (unpaired) electrons. The maximum Gasteiger partial charge on any atom is 0.249 e. The number of nitrogens with one attached hydrogen (secondary N) is 2. The summed E-state index contributed by atoms with van der Waals surface area (Å²) in [6.45, 7) is 1.09. The van der Waals surface area contributed by atoms with Crippen molar-refractivity contribution in [2.24, 2.45) is 5.73 Å². The van der Waals surface area contributed by atoms with Crippen LogP contribution in [0.1, 0.15) is 47.2 Å². The van der Waals surface area contributed by atoms with Gasteiger partial charge in [0.15, 0.2) is 17.2 Å². The van der Waals surface area contributed by atoms with Gasteiger partial charge >= 0.3 is 0 Å². The van der Waals surface area contributed by atoms with Crippen molar-refractivity contribution in [3.63, 3.8) is 0 Å². The van der Waals surface area contributed by atoms with Crippen molar-refractivity contribution < 1.29 is 27.8 Å². The van der Waals surface area contributed by atoms with Crippen molar-refractivity contribution in [2.45, 2.75) is 49.9 Å². The number of hydrogen-bond acceptors (Lipinski definition) is 6. The second kappa shape index (κ2) is 11.1. The van der Waals surface area contributed by atoms with Crippen molar-refractivity contribution in [1.29, 1.82) is 0 Å². The van der Waals surface area contributed by atoms with Gasteiger partial charge in [-0.1, -0.05) is 41.9 Å². The Hall–Kier alpha value is -3.40. The van der Waals surface area contributed by atoms with Crippen molar-refractivity contribution in [3.8, 4) is 22.6 Å². The Morgan fingerprint density at radius 3 is 2.63 bits per heavy atom. The number of anilines is 1. The molecular weight excluding hydrogens is 552 g/mol. The van der Waals surface area contributed by atoms with E-state index >= 15 is 8.78 Å². The minimum atomic E-state index is -0.927. The molecule has 216 valence electrons. The molecule has 2 aliphatic heterocycles. The highest BCUT2D eigenvalue weighted by atomic mass is 35.5. The Bertz CT molecular complexity index is 1480. The van der Waals surface area contributed by atoms with E-state index < -0.39 is 23.1 Å². The van der Waals surface area contributed by atoms with Gasteiger partial charge in [-0.2, -0.15) is 0 Å². The SMILES string of the molecule is COC1CCC(NC[C@@]2(c3ccccc3)Cc3c(cc(F)c(Cl)c3-c3c(C(N)=O)cc4c(c3F)OCCN4)O2)CC1. The Labute approximate surface area is 242 Å². The molecule has 4 N–H and O–H groups in total. The molecule has 2 heterocycles. The molecule has 3 aliphatic rings. The number of methoxy groups -OCH3 is 1. The maximum absolute atomic E-state index is 16.2. The highest BCUT2D eigenvalue weighted by molar-refractivity contribution is 6.34. The smallest absolute Gasteiger partial charge is 0.249 e. The standard InChI is InChI=1S/C31H32ClF2N3O4/c1-39-19-9-7-18(8-10-19)37-16-31(17-5-3-2-4-6-17)15-21-24(41-31)14-22(33)27(32)25(21)26-20(30(35)38)13-23-29(28(26)34)40-12-11-36-23/h2-6,13-14,18-19,36-37H,7-12,15-16H2,1H3,(H2,35,38)/t18?,19?,31-/m1/s1. The lowest BCUT2D eigenvalue weighted by molar-refractivity contribution is 0.0530. The fraction of sp³-hybridized carbons (Fsp3) is 0.387. The molecule has 41 heavy (non-hydrogen) atoms. The summed E-state index contributed by atoms with van der Waals surface area (Å²) in [5.74, 6) is -2.32. The first kappa shape index (κ1) is 27.8. The Morgan fingerprint density at radius 2 is 1.93 bits per heavy atom. The predicted molar refractivity (Wildman–Crippen MR) is 153 cm³/mol. The molecule has 3 aromatic rings. The van der Waals surface area contributed by atoms with Crippen LogP contribution in [0.15, 0.2) is 42.5 Å². The first-order valence-electron chi connectivity index (χ1n) is 13.9. The van der Waals surface area contributed by atoms with Gasteiger partial charge in [0.1, 0.15) is 18.2 Å². The number of carbonyl (C=O) groups excluding carboxylic acids is 1. The molecule has 1 atom stereocenters. The van der Waals surface area contributed by atoms with E-state index in [1.807, 2.05) is 30.3 Å². The first-order valence-corrected chi connectivity index (χ1v) is 14.2. The number of nitrogens with two attached hydrogens (primary N) is 1. The predicted octanol–water partition coefficient (Wildman–Crippen LogP) is 5.57. The van der Waals surface area contributed by atoms with Crippen LogP contribution in [0.2, 0.25) is 5.02 Å². The van der Waals surface area contributed by atoms with Crippen molar-refractivity contribution in [2.75, 3.05) is 32.1 Å². The van der Waals surface area contributed by atoms with Crippen LogP contribution in [0, 0.1) is 11.6 Å². The van der Waals surface area contributed by atoms with Gasteiger partial charge in [0, 0.05) is 55.4 Å². The molecule has 1 aliphatic carbocycles. The van der Waals surface area contributed by atoms with Crippen LogP contribution in [0.3, 0.4) is 0 Å². The molecule has 0 saturated heterocycles. The number of halogens is 3. The zero-order valence-corrected chi connectivity index (χ0v) is 23.5. The fourth-order valence-corrected chi connectivity index (χ4v) is 6.56. The third-order valence-electron chi connectivity index (χ3n) is 8.44. The summed E-state index contributed by atoms with van der Waals surface area (Å²) in [5.41, 5.74) is 6.20. The number of rotatable bonds is 7. The largest absolute Gasteiger partial charge is 0.486 e. The Kier molecular flexibility index (Phi) is 7.52. The normalized spacial score (nSPS) is 23.1. The molecular formula is C31H32ClF2N3O4. The molecule has 1 saturated carbocycles. The number of ether oxygens (including phenoxy) is 3. The van der Waals surface area contributed by atoms with Crippen LogP contribution >= 0.6 is 11.6 Å². The van der Waals surface area contributed by atoms with Crippen LogP contribution in [0.5, 0.6) is 11.5 Å². The summed E-state index contributed by atoms with van der Waals surface area (Å²) in [6, 6.07) is 12.6. The molecule has 0 unspecified atom stereocenters. The second-order valence-corrected chi connectivity index (χ2v) is 11.3. The zero-order valence-electron chi connectivity index (χ0n) is 22.7. The second-order valence-electron chi connectivity index (χ2n) is 10.9. The molecule has 1 fully saturated rings. The third kappa shape index (κ3) is 5.00. The minimum absolute atomic E-state index is 0.0448. The number of benzene rings is 3. The average molecular weight is 584 g/mol. The van der Waals surface area contributed by atoms with Gasteiger partial charge in [-0.25, -0.2) is 8.78 Å². The first-order chi connectivity index (χ1) is 19.8. The molecule has 6 rings (SSSR count). The third-order valence-corrected chi connectivity index (χ3v) is 8.81. The van der Waals surface area contributed by atoms with E-state index in [0.717, 1.165) is 31.2 Å². The molecule has 7 nitrogen and oxygen atoms in total. The fourth-order valence-electron chi connectivity index (χ4n) is 6.30. The number of carbonyl (C=O) groups is 1. The van der Waals surface area contributed by atoms with Crippen LogP contribution in [0.25, 0.3) is 11.1 Å². The van der Waals surface area contributed by atoms with Crippen molar-refractivity contribution in [1.82, 2.24) is 5.32 Å². The van der Waals surface area contributed by atoms with E-state index in [2.05, 4.69) is 10.6 Å². The summed E-state index contributed by atoms with van der Waals surface area (Å²) in [7, 11) is 1.74. The lowest BCUT2D eigenvalue weighted by atomic mass is 9.84. The average Bonchev–Trinajstić information content (AvgIpc) is 3.37. The van der Waals surface area contributed by atoms with Gasteiger partial charge in [-0.05, 0) is 37.3 Å². The molecule has 0 aromatic heterocycles. The van der Waals surface area contributed by atoms with Gasteiger partial charge in [0.05, 0.1) is 22.4 Å². The van der Waals surface area contributed by atoms with Crippen LogP contribution in [-0.4, -0.2) is 44.9 Å². The zero-order chi connectivity index (χ0) is 28.7. The van der Waals surface area contributed by atoms with Crippen molar-refractivity contribution in [3.05, 3.63) is 75.8 Å². The molecule has 0 bridgehead atoms. The van der Waals surface area contributed by atoms with E-state index in [4.69, 9.17) is 31.5 Å². The van der Waals surface area contributed by atoms with Crippen molar-refractivity contribution >= 4 is 23.2 Å². The summed E-state index contributed by atoms with van der Waals surface area (Å²) < 4.78 is 49.3. The van der Waals surface area contributed by atoms with E-state index in [9.17, 15) is 4.79 Å². The van der Waals surface area contributed by atoms with Gasteiger partial charge in [0.2, 0.25) is 5.91 Å². The summed E-state index contributed by atoms with van der Waals surface area (Å²) in [4.78, 5) is 12.6. The number of amides is 1. The van der Waals surface area contributed by atoms with E-state index in [-0.39, 0.29) is 58.4 Å². The number of primary amides is 1. The van der Waals surface area contributed by atoms with Crippen LogP contribution in [0.4, 0.5) is 14.5 Å². The highest BCUT2D eigenvalue weighted by Crippen LogP contribution is 2.51. The van der Waals surface area contributed by atoms with E-state index in [1.54, 1.807) is 7.11 Å². The highest BCUT2D eigenvalue weighted by Gasteiger charge is 2.45. The number of fused-ring (bicyclic) bond motifs is 2. The van der Waals surface area contributed by atoms with Gasteiger partial charge in [-0.15, -0.1) is 0 Å². The van der Waals surface area contributed by atoms with E-state index in [0.29, 0.717) is 24.3 Å². The maximum atomic E-state index is 16.2. The van der Waals surface area contributed by atoms with Gasteiger partial charge in [0.25, 0.3) is 0 Å². The quantitative estimate of drug-likeness (QED) is 0.337.